The van der Waals surface area contributed by atoms with E-state index >= 15 is 0 Å². The van der Waals surface area contributed by atoms with Gasteiger partial charge < -0.3 is 14.0 Å². The number of fused-ring (bicyclic) bond motifs is 1. The number of carbonyl (C=O) groups is 1. The van der Waals surface area contributed by atoms with Gasteiger partial charge in [-0.25, -0.2) is 4.79 Å². The van der Waals surface area contributed by atoms with Crippen LogP contribution in [0.1, 0.15) is 34.2 Å². The summed E-state index contributed by atoms with van der Waals surface area (Å²) in [7, 11) is 1.63. The average Bonchev–Trinajstić information content (AvgIpc) is 3.18. The molecule has 1 atom stereocenters. The Morgan fingerprint density at radius 3 is 2.42 bits per heavy atom. The zero-order valence-corrected chi connectivity index (χ0v) is 18.7. The van der Waals surface area contributed by atoms with Gasteiger partial charge >= 0.3 is 6.09 Å². The molecule has 0 spiro atoms. The van der Waals surface area contributed by atoms with E-state index in [9.17, 15) is 4.79 Å². The molecule has 0 saturated heterocycles. The molecule has 166 valence electrons. The van der Waals surface area contributed by atoms with Gasteiger partial charge in [0, 0.05) is 17.7 Å². The molecule has 1 aliphatic heterocycles. The van der Waals surface area contributed by atoms with E-state index in [2.05, 4.69) is 11.2 Å². The Kier molecular flexibility index (Phi) is 5.34. The molecule has 6 nitrogen and oxygen atoms in total. The van der Waals surface area contributed by atoms with Crippen molar-refractivity contribution in [1.82, 2.24) is 10.1 Å². The van der Waals surface area contributed by atoms with Crippen LogP contribution >= 0.6 is 0 Å². The van der Waals surface area contributed by atoms with Crippen LogP contribution in [0.5, 0.6) is 11.5 Å². The number of aromatic nitrogens is 1. The summed E-state index contributed by atoms with van der Waals surface area (Å²) in [5.74, 6) is 2.09. The van der Waals surface area contributed by atoms with Crippen molar-refractivity contribution in [3.05, 3.63) is 101 Å². The Hall–Kier alpha value is -4.06. The summed E-state index contributed by atoms with van der Waals surface area (Å²) in [6, 6.07) is 23.3. The lowest BCUT2D eigenvalue weighted by atomic mass is 9.91. The molecule has 0 saturated carbocycles. The smallest absolute Gasteiger partial charge is 0.416 e. The highest BCUT2D eigenvalue weighted by Crippen LogP contribution is 2.42. The third-order valence-corrected chi connectivity index (χ3v) is 6.00. The summed E-state index contributed by atoms with van der Waals surface area (Å²) in [4.78, 5) is 14.9. The average molecular weight is 440 g/mol. The Morgan fingerprint density at radius 1 is 1.00 bits per heavy atom. The molecule has 4 aromatic rings. The molecule has 5 rings (SSSR count). The minimum atomic E-state index is -0.378. The first-order valence-electron chi connectivity index (χ1n) is 10.8. The Bertz CT molecular complexity index is 1280. The maximum atomic E-state index is 13.1. The number of rotatable bonds is 5. The topological polar surface area (TPSA) is 64.8 Å². The molecule has 0 aliphatic carbocycles. The number of carbonyl (C=O) groups excluding carboxylic acids is 1. The summed E-state index contributed by atoms with van der Waals surface area (Å²) in [5, 5.41) is 4.10. The highest BCUT2D eigenvalue weighted by Gasteiger charge is 2.36. The first-order valence-corrected chi connectivity index (χ1v) is 10.8. The van der Waals surface area contributed by atoms with Crippen LogP contribution in [0.3, 0.4) is 0 Å². The molecular weight excluding hydrogens is 416 g/mol. The van der Waals surface area contributed by atoms with E-state index in [0.717, 1.165) is 45.0 Å². The number of amides is 1. The van der Waals surface area contributed by atoms with E-state index in [0.29, 0.717) is 12.3 Å². The van der Waals surface area contributed by atoms with Crippen LogP contribution < -0.4 is 9.47 Å². The number of ether oxygens (including phenoxy) is 2. The van der Waals surface area contributed by atoms with Gasteiger partial charge in [0.15, 0.2) is 0 Å². The lowest BCUT2D eigenvalue weighted by Gasteiger charge is -2.37. The van der Waals surface area contributed by atoms with E-state index in [1.165, 1.54) is 0 Å². The van der Waals surface area contributed by atoms with Crippen molar-refractivity contribution in [1.29, 1.82) is 0 Å². The largest absolute Gasteiger partial charge is 0.497 e. The highest BCUT2D eigenvalue weighted by atomic mass is 16.6. The standard InChI is InChI=1S/C27H24N2O4/c1-17-25(18(2)33-28-17)21-11-14-24-23(15-21)26(20-7-5-4-6-8-20)29(27(30)32-24)16-19-9-12-22(31-3)13-10-19/h4-15,26H,16H2,1-3H3. The van der Waals surface area contributed by atoms with Crippen molar-refractivity contribution in [3.63, 3.8) is 0 Å². The van der Waals surface area contributed by atoms with Crippen molar-refractivity contribution in [2.24, 2.45) is 0 Å². The van der Waals surface area contributed by atoms with E-state index in [1.807, 2.05) is 80.6 Å². The molecule has 0 N–H and O–H groups in total. The van der Waals surface area contributed by atoms with Crippen molar-refractivity contribution >= 4 is 6.09 Å². The quantitative estimate of drug-likeness (QED) is 0.377. The number of nitrogens with zero attached hydrogens (tertiary/aromatic N) is 2. The van der Waals surface area contributed by atoms with Gasteiger partial charge in [0.25, 0.3) is 0 Å². The molecule has 2 heterocycles. The molecule has 1 aromatic heterocycles. The molecule has 1 unspecified atom stereocenters. The molecule has 3 aromatic carbocycles. The number of methoxy groups -OCH3 is 1. The minimum absolute atomic E-state index is 0.301. The molecule has 1 aliphatic rings. The van der Waals surface area contributed by atoms with Gasteiger partial charge in [-0.3, -0.25) is 4.90 Å². The molecule has 1 amide bonds. The normalized spacial score (nSPS) is 15.2. The molecular formula is C27H24N2O4. The molecule has 0 bridgehead atoms. The predicted molar refractivity (Wildman–Crippen MR) is 124 cm³/mol. The van der Waals surface area contributed by atoms with Crippen molar-refractivity contribution in [2.45, 2.75) is 26.4 Å². The van der Waals surface area contributed by atoms with Crippen molar-refractivity contribution in [3.8, 4) is 22.6 Å². The summed E-state index contributed by atoms with van der Waals surface area (Å²) in [5.41, 5.74) is 5.69. The first kappa shape index (κ1) is 20.8. The molecule has 6 heteroatoms. The maximum absolute atomic E-state index is 13.1. The fourth-order valence-electron chi connectivity index (χ4n) is 4.41. The number of hydrogen-bond donors (Lipinski definition) is 0. The van der Waals surface area contributed by atoms with Gasteiger partial charge in [0.1, 0.15) is 17.3 Å². The Labute approximate surface area is 192 Å². The van der Waals surface area contributed by atoms with Crippen LogP contribution in [0.2, 0.25) is 0 Å². The number of benzene rings is 3. The van der Waals surface area contributed by atoms with Crippen LogP contribution in [-0.4, -0.2) is 23.3 Å². The third-order valence-electron chi connectivity index (χ3n) is 6.00. The number of hydrogen-bond acceptors (Lipinski definition) is 5. The van der Waals surface area contributed by atoms with E-state index in [4.69, 9.17) is 14.0 Å². The minimum Gasteiger partial charge on any atom is -0.497 e. The zero-order valence-electron chi connectivity index (χ0n) is 18.7. The number of aryl methyl sites for hydroxylation is 2. The SMILES string of the molecule is COc1ccc(CN2C(=O)Oc3ccc(-c4c(C)noc4C)cc3C2c2ccccc2)cc1. The van der Waals surface area contributed by atoms with Crippen molar-refractivity contribution < 1.29 is 18.8 Å². The van der Waals surface area contributed by atoms with Crippen LogP contribution in [0.25, 0.3) is 11.1 Å². The second kappa shape index (κ2) is 8.47. The van der Waals surface area contributed by atoms with Gasteiger partial charge in [-0.15, -0.1) is 0 Å². The van der Waals surface area contributed by atoms with Gasteiger partial charge in [-0.1, -0.05) is 53.7 Å². The van der Waals surface area contributed by atoms with Crippen LogP contribution in [-0.2, 0) is 6.54 Å². The second-order valence-corrected chi connectivity index (χ2v) is 8.11. The van der Waals surface area contributed by atoms with Gasteiger partial charge in [-0.2, -0.15) is 0 Å². The highest BCUT2D eigenvalue weighted by molar-refractivity contribution is 5.78. The van der Waals surface area contributed by atoms with Crippen LogP contribution in [0.4, 0.5) is 4.79 Å². The third kappa shape index (κ3) is 3.84. The predicted octanol–water partition coefficient (Wildman–Crippen LogP) is 6.07. The monoisotopic (exact) mass is 440 g/mol. The Balaban J connectivity index is 1.61. The fraction of sp³-hybridized carbons (Fsp3) is 0.185. The summed E-state index contributed by atoms with van der Waals surface area (Å²) in [6.07, 6.45) is -0.378. The lowest BCUT2D eigenvalue weighted by molar-refractivity contribution is 0.122. The maximum Gasteiger partial charge on any atom is 0.416 e. The Morgan fingerprint density at radius 2 is 1.76 bits per heavy atom. The summed E-state index contributed by atoms with van der Waals surface area (Å²) < 4.78 is 16.4. The molecule has 0 fully saturated rings. The fourth-order valence-corrected chi connectivity index (χ4v) is 4.41. The second-order valence-electron chi connectivity index (χ2n) is 8.11. The van der Waals surface area contributed by atoms with Gasteiger partial charge in [0.2, 0.25) is 0 Å². The van der Waals surface area contributed by atoms with Gasteiger partial charge in [-0.05, 0) is 54.8 Å². The molecule has 0 radical (unpaired) electrons. The summed E-state index contributed by atoms with van der Waals surface area (Å²) in [6.45, 7) is 4.23. The van der Waals surface area contributed by atoms with Gasteiger partial charge in [0.05, 0.1) is 18.8 Å². The zero-order chi connectivity index (χ0) is 22.9. The van der Waals surface area contributed by atoms with E-state index in [-0.39, 0.29) is 12.1 Å². The first-order chi connectivity index (χ1) is 16.0. The van der Waals surface area contributed by atoms with Crippen LogP contribution in [0, 0.1) is 13.8 Å². The van der Waals surface area contributed by atoms with E-state index in [1.54, 1.807) is 12.0 Å². The summed E-state index contributed by atoms with van der Waals surface area (Å²) >= 11 is 0. The van der Waals surface area contributed by atoms with Crippen LogP contribution in [0.15, 0.2) is 77.3 Å². The lowest BCUT2D eigenvalue weighted by Crippen LogP contribution is -2.40. The molecule has 33 heavy (non-hydrogen) atoms. The van der Waals surface area contributed by atoms with Crippen molar-refractivity contribution in [2.75, 3.05) is 7.11 Å². The van der Waals surface area contributed by atoms with E-state index < -0.39 is 0 Å².